The molecule has 0 aromatic carbocycles. The Labute approximate surface area is 169 Å². The second kappa shape index (κ2) is 9.39. The Morgan fingerprint density at radius 2 is 1.93 bits per heavy atom. The lowest BCUT2D eigenvalue weighted by Crippen LogP contribution is -2.42. The molecule has 1 aromatic rings. The minimum Gasteiger partial charge on any atom is -0.352 e. The van der Waals surface area contributed by atoms with Crippen molar-refractivity contribution in [2.45, 2.75) is 96.4 Å². The first-order chi connectivity index (χ1) is 13.0. The summed E-state index contributed by atoms with van der Waals surface area (Å²) in [6, 6.07) is 0.428. The quantitative estimate of drug-likeness (QED) is 0.638. The van der Waals surface area contributed by atoms with Crippen molar-refractivity contribution >= 4 is 15.7 Å². The maximum atomic E-state index is 12.8. The third kappa shape index (κ3) is 5.56. The molecule has 1 amide bonds. The van der Waals surface area contributed by atoms with Gasteiger partial charge in [0.15, 0.2) is 0 Å². The monoisotopic (exact) mass is 412 g/mol. The number of nitrogens with zero attached hydrogens (tertiary/aromatic N) is 3. The summed E-state index contributed by atoms with van der Waals surface area (Å²) in [6.07, 6.45) is 4.03. The van der Waals surface area contributed by atoms with E-state index in [0.29, 0.717) is 25.4 Å². The van der Waals surface area contributed by atoms with Crippen molar-refractivity contribution in [3.05, 3.63) is 11.9 Å². The summed E-state index contributed by atoms with van der Waals surface area (Å²) < 4.78 is 27.5. The summed E-state index contributed by atoms with van der Waals surface area (Å²) in [6.45, 7) is 13.9. The van der Waals surface area contributed by atoms with Gasteiger partial charge in [0.25, 0.3) is 0 Å². The maximum Gasteiger partial charge on any atom is 0.228 e. The van der Waals surface area contributed by atoms with E-state index in [0.717, 1.165) is 25.1 Å². The van der Waals surface area contributed by atoms with Crippen molar-refractivity contribution in [3.8, 4) is 0 Å². The number of amides is 1. The van der Waals surface area contributed by atoms with Gasteiger partial charge in [-0.2, -0.15) is 0 Å². The molecule has 0 radical (unpaired) electrons. The van der Waals surface area contributed by atoms with Crippen LogP contribution in [0.3, 0.4) is 0 Å². The highest BCUT2D eigenvalue weighted by Crippen LogP contribution is 2.21. The average molecular weight is 413 g/mol. The zero-order chi connectivity index (χ0) is 21.1. The molecule has 2 heterocycles. The zero-order valence-electron chi connectivity index (χ0n) is 18.1. The molecule has 2 rings (SSSR count). The standard InChI is InChI=1S/C20H36N4O3S/c1-14(2)9-10-24-18(11-21-20(24)28(26,27)16(5)6)13-23(15(3)4)12-17-7-8-19(25)22-17/h11,14-17H,7-10,12-13H2,1-6H3,(H,22,25). The SMILES string of the molecule is CC(C)CCn1c(CN(CC2CCC(=O)N2)C(C)C)cnc1S(=O)(=O)C(C)C. The molecule has 1 aromatic heterocycles. The van der Waals surface area contributed by atoms with Crippen molar-refractivity contribution in [3.63, 3.8) is 0 Å². The lowest BCUT2D eigenvalue weighted by molar-refractivity contribution is -0.119. The van der Waals surface area contributed by atoms with Crippen LogP contribution in [0.15, 0.2) is 11.4 Å². The first-order valence-electron chi connectivity index (χ1n) is 10.3. The van der Waals surface area contributed by atoms with E-state index in [1.807, 2.05) is 4.57 Å². The van der Waals surface area contributed by atoms with Gasteiger partial charge < -0.3 is 9.88 Å². The molecular formula is C20H36N4O3S. The van der Waals surface area contributed by atoms with Crippen molar-refractivity contribution in [1.29, 1.82) is 0 Å². The van der Waals surface area contributed by atoms with Crippen molar-refractivity contribution < 1.29 is 13.2 Å². The lowest BCUT2D eigenvalue weighted by Gasteiger charge is -2.29. The summed E-state index contributed by atoms with van der Waals surface area (Å²) in [4.78, 5) is 18.1. The van der Waals surface area contributed by atoms with Gasteiger partial charge >= 0.3 is 0 Å². The minimum atomic E-state index is -3.44. The van der Waals surface area contributed by atoms with E-state index in [1.165, 1.54) is 0 Å². The van der Waals surface area contributed by atoms with Crippen LogP contribution in [0.5, 0.6) is 0 Å². The predicted octanol–water partition coefficient (Wildman–Crippen LogP) is 2.60. The van der Waals surface area contributed by atoms with Gasteiger partial charge in [-0.15, -0.1) is 0 Å². The smallest absolute Gasteiger partial charge is 0.228 e. The summed E-state index contributed by atoms with van der Waals surface area (Å²) in [5, 5.41) is 2.70. The van der Waals surface area contributed by atoms with Gasteiger partial charge in [-0.1, -0.05) is 13.8 Å². The summed E-state index contributed by atoms with van der Waals surface area (Å²) >= 11 is 0. The summed E-state index contributed by atoms with van der Waals surface area (Å²) in [5.41, 5.74) is 0.915. The molecular weight excluding hydrogens is 376 g/mol. The van der Waals surface area contributed by atoms with Crippen molar-refractivity contribution in [2.75, 3.05) is 6.54 Å². The predicted molar refractivity (Wildman–Crippen MR) is 111 cm³/mol. The van der Waals surface area contributed by atoms with Gasteiger partial charge in [0, 0.05) is 38.1 Å². The first-order valence-corrected chi connectivity index (χ1v) is 11.9. The third-order valence-corrected chi connectivity index (χ3v) is 7.42. The van der Waals surface area contributed by atoms with Crippen LogP contribution in [0.25, 0.3) is 0 Å². The average Bonchev–Trinajstić information content (AvgIpc) is 3.18. The number of carbonyl (C=O) groups is 1. The molecule has 8 heteroatoms. The molecule has 160 valence electrons. The third-order valence-electron chi connectivity index (χ3n) is 5.34. The second-order valence-corrected chi connectivity index (χ2v) is 11.2. The molecule has 0 saturated carbocycles. The van der Waals surface area contributed by atoms with E-state index >= 15 is 0 Å². The van der Waals surface area contributed by atoms with Gasteiger partial charge in [0.2, 0.25) is 20.9 Å². The number of nitrogens with one attached hydrogen (secondary N) is 1. The Morgan fingerprint density at radius 3 is 2.43 bits per heavy atom. The maximum absolute atomic E-state index is 12.8. The molecule has 0 spiro atoms. The lowest BCUT2D eigenvalue weighted by atomic mass is 10.1. The molecule has 1 saturated heterocycles. The van der Waals surface area contributed by atoms with Gasteiger partial charge in [0.05, 0.1) is 17.1 Å². The van der Waals surface area contributed by atoms with Crippen LogP contribution in [0.4, 0.5) is 0 Å². The van der Waals surface area contributed by atoms with Gasteiger partial charge in [-0.25, -0.2) is 13.4 Å². The highest BCUT2D eigenvalue weighted by atomic mass is 32.2. The van der Waals surface area contributed by atoms with Gasteiger partial charge in [-0.3, -0.25) is 9.69 Å². The number of sulfone groups is 1. The van der Waals surface area contributed by atoms with E-state index in [2.05, 4.69) is 42.9 Å². The Hall–Kier alpha value is -1.41. The van der Waals surface area contributed by atoms with Crippen LogP contribution in [0.1, 0.15) is 66.5 Å². The first kappa shape index (κ1) is 22.9. The molecule has 1 atom stereocenters. The van der Waals surface area contributed by atoms with Crippen molar-refractivity contribution in [2.24, 2.45) is 5.92 Å². The fourth-order valence-electron chi connectivity index (χ4n) is 3.35. The highest BCUT2D eigenvalue weighted by Gasteiger charge is 2.29. The van der Waals surface area contributed by atoms with E-state index in [4.69, 9.17) is 0 Å². The summed E-state index contributed by atoms with van der Waals surface area (Å²) in [7, 11) is -3.44. The van der Waals surface area contributed by atoms with Crippen LogP contribution < -0.4 is 5.32 Å². The van der Waals surface area contributed by atoms with Crippen LogP contribution in [0, 0.1) is 5.92 Å². The van der Waals surface area contributed by atoms with Gasteiger partial charge in [-0.05, 0) is 46.5 Å². The summed E-state index contributed by atoms with van der Waals surface area (Å²) in [5.74, 6) is 0.584. The number of imidazole rings is 1. The largest absolute Gasteiger partial charge is 0.352 e. The van der Waals surface area contributed by atoms with Crippen LogP contribution >= 0.6 is 0 Å². The molecule has 1 N–H and O–H groups in total. The molecule has 1 aliphatic heterocycles. The van der Waals surface area contributed by atoms with Crippen LogP contribution in [-0.2, 0) is 27.7 Å². The topological polar surface area (TPSA) is 84.3 Å². The molecule has 1 aliphatic rings. The Morgan fingerprint density at radius 1 is 1.25 bits per heavy atom. The van der Waals surface area contributed by atoms with E-state index < -0.39 is 15.1 Å². The van der Waals surface area contributed by atoms with E-state index in [-0.39, 0.29) is 23.1 Å². The van der Waals surface area contributed by atoms with E-state index in [9.17, 15) is 13.2 Å². The number of carbonyl (C=O) groups excluding carboxylic acids is 1. The molecule has 0 bridgehead atoms. The number of aromatic nitrogens is 2. The Balaban J connectivity index is 2.28. The zero-order valence-corrected chi connectivity index (χ0v) is 18.9. The van der Waals surface area contributed by atoms with Crippen molar-refractivity contribution in [1.82, 2.24) is 19.8 Å². The number of hydrogen-bond donors (Lipinski definition) is 1. The fourth-order valence-corrected chi connectivity index (χ4v) is 4.48. The fraction of sp³-hybridized carbons (Fsp3) is 0.800. The molecule has 1 fully saturated rings. The minimum absolute atomic E-state index is 0.112. The van der Waals surface area contributed by atoms with E-state index in [1.54, 1.807) is 20.0 Å². The number of rotatable bonds is 10. The Bertz CT molecular complexity index is 768. The molecule has 7 nitrogen and oxygen atoms in total. The molecule has 0 aliphatic carbocycles. The highest BCUT2D eigenvalue weighted by molar-refractivity contribution is 7.91. The Kier molecular flexibility index (Phi) is 7.67. The molecule has 28 heavy (non-hydrogen) atoms. The van der Waals surface area contributed by atoms with Gasteiger partial charge in [0.1, 0.15) is 0 Å². The molecule has 1 unspecified atom stereocenters. The van der Waals surface area contributed by atoms with Crippen LogP contribution in [-0.4, -0.2) is 52.7 Å². The second-order valence-electron chi connectivity index (χ2n) is 8.79. The van der Waals surface area contributed by atoms with Crippen LogP contribution in [0.2, 0.25) is 0 Å². The normalized spacial score (nSPS) is 18.1. The number of hydrogen-bond acceptors (Lipinski definition) is 5.